The summed E-state index contributed by atoms with van der Waals surface area (Å²) in [5.41, 5.74) is 5.04. The summed E-state index contributed by atoms with van der Waals surface area (Å²) in [6.45, 7) is 0.0596. The van der Waals surface area contributed by atoms with Crippen molar-refractivity contribution < 1.29 is 18.3 Å². The summed E-state index contributed by atoms with van der Waals surface area (Å²) in [4.78, 5) is 10.3. The van der Waals surface area contributed by atoms with Crippen LogP contribution in [0.2, 0.25) is 0 Å². The van der Waals surface area contributed by atoms with Gasteiger partial charge in [-0.25, -0.2) is 8.42 Å². The summed E-state index contributed by atoms with van der Waals surface area (Å²) in [5, 5.41) is 7.05. The maximum atomic E-state index is 10.7. The Labute approximate surface area is 65.1 Å². The highest BCUT2D eigenvalue weighted by atomic mass is 32.2. The minimum atomic E-state index is -3.51. The van der Waals surface area contributed by atoms with Crippen LogP contribution in [0.5, 0.6) is 0 Å². The van der Waals surface area contributed by atoms with Crippen molar-refractivity contribution in [1.29, 1.82) is 0 Å². The molecule has 5 nitrogen and oxygen atoms in total. The van der Waals surface area contributed by atoms with Gasteiger partial charge in [-0.05, 0) is 13.0 Å². The van der Waals surface area contributed by atoms with Crippen LogP contribution in [-0.2, 0) is 14.6 Å². The molecule has 1 atom stereocenters. The Morgan fingerprint density at radius 2 is 2.09 bits per heavy atom. The Hall–Kier alpha value is -0.620. The molecule has 0 bridgehead atoms. The molecule has 0 aromatic rings. The molecule has 11 heavy (non-hydrogen) atoms. The molecule has 0 aliphatic rings. The third-order valence-electron chi connectivity index (χ3n) is 1.22. The molecule has 6 heteroatoms. The smallest absolute Gasteiger partial charge is 0.321 e. The zero-order chi connectivity index (χ0) is 9.07. The van der Waals surface area contributed by atoms with Crippen LogP contribution in [-0.4, -0.2) is 37.5 Å². The number of hydrogen-bond donors (Lipinski definition) is 2. The van der Waals surface area contributed by atoms with Crippen molar-refractivity contribution in [3.63, 3.8) is 0 Å². The highest BCUT2D eigenvalue weighted by molar-refractivity contribution is 7.92. The van der Waals surface area contributed by atoms with E-state index in [9.17, 15) is 13.2 Å². The summed E-state index contributed by atoms with van der Waals surface area (Å²) in [6, 6.07) is 0. The minimum Gasteiger partial charge on any atom is -0.480 e. The van der Waals surface area contributed by atoms with Crippen LogP contribution in [0.1, 0.15) is 6.42 Å². The summed E-state index contributed by atoms with van der Waals surface area (Å²) < 4.78 is 21.5. The second-order valence-electron chi connectivity index (χ2n) is 2.23. The van der Waals surface area contributed by atoms with E-state index >= 15 is 0 Å². The average Bonchev–Trinajstić information content (AvgIpc) is 1.79. The Morgan fingerprint density at radius 3 is 2.18 bits per heavy atom. The van der Waals surface area contributed by atoms with Crippen LogP contribution < -0.4 is 5.73 Å². The number of carbonyl (C=O) groups is 1. The van der Waals surface area contributed by atoms with E-state index in [1.54, 1.807) is 0 Å². The highest BCUT2D eigenvalue weighted by Crippen LogP contribution is 2.02. The molecule has 0 saturated heterocycles. The lowest BCUT2D eigenvalue weighted by Gasteiger charge is -2.07. The van der Waals surface area contributed by atoms with Crippen molar-refractivity contribution in [3.8, 4) is 0 Å². The Bertz CT molecular complexity index is 233. The number of carboxylic acid groups (broad SMARTS) is 1. The number of aliphatic carboxylic acids is 1. The van der Waals surface area contributed by atoms with Gasteiger partial charge >= 0.3 is 5.97 Å². The fourth-order valence-corrected chi connectivity index (χ4v) is 1.60. The van der Waals surface area contributed by atoms with E-state index in [1.807, 2.05) is 0 Å². The van der Waals surface area contributed by atoms with Crippen molar-refractivity contribution in [2.75, 3.05) is 12.8 Å². The normalized spacial score (nSPS) is 14.4. The van der Waals surface area contributed by atoms with Crippen molar-refractivity contribution in [2.24, 2.45) is 5.73 Å². The van der Waals surface area contributed by atoms with Gasteiger partial charge in [0.1, 0.15) is 0 Å². The molecular weight excluding hydrogens is 170 g/mol. The molecular formula is C5H11NO4S. The molecule has 0 heterocycles. The maximum absolute atomic E-state index is 10.7. The van der Waals surface area contributed by atoms with Crippen LogP contribution in [0.15, 0.2) is 0 Å². The molecule has 66 valence electrons. The van der Waals surface area contributed by atoms with Gasteiger partial charge in [0.15, 0.2) is 15.1 Å². The highest BCUT2D eigenvalue weighted by Gasteiger charge is 2.27. The van der Waals surface area contributed by atoms with Crippen LogP contribution >= 0.6 is 0 Å². The first kappa shape index (κ1) is 10.4. The third-order valence-corrected chi connectivity index (χ3v) is 2.69. The topological polar surface area (TPSA) is 97.5 Å². The van der Waals surface area contributed by atoms with Crippen molar-refractivity contribution in [3.05, 3.63) is 0 Å². The van der Waals surface area contributed by atoms with E-state index in [2.05, 4.69) is 0 Å². The monoisotopic (exact) mass is 181 g/mol. The van der Waals surface area contributed by atoms with Gasteiger partial charge in [0, 0.05) is 6.26 Å². The first-order valence-electron chi connectivity index (χ1n) is 3.01. The van der Waals surface area contributed by atoms with Crippen molar-refractivity contribution in [1.82, 2.24) is 0 Å². The quantitative estimate of drug-likeness (QED) is 0.569. The number of nitrogens with two attached hydrogens (primary N) is 1. The molecule has 0 amide bonds. The molecule has 0 spiro atoms. The molecule has 3 N–H and O–H groups in total. The predicted molar refractivity (Wildman–Crippen MR) is 39.9 cm³/mol. The molecule has 0 radical (unpaired) electrons. The standard InChI is InChI=1S/C5H11NO4S/c1-11(9,10)4(2-3-6)5(7)8/h4H,2-3,6H2,1H3,(H,7,8). The first-order chi connectivity index (χ1) is 4.89. The third kappa shape index (κ3) is 3.33. The molecule has 0 aliphatic carbocycles. The average molecular weight is 181 g/mol. The van der Waals surface area contributed by atoms with Crippen molar-refractivity contribution >= 4 is 15.8 Å². The first-order valence-corrected chi connectivity index (χ1v) is 4.96. The molecule has 0 saturated carbocycles. The number of sulfone groups is 1. The van der Waals surface area contributed by atoms with E-state index in [0.717, 1.165) is 6.26 Å². The Balaban J connectivity index is 4.49. The Morgan fingerprint density at radius 1 is 1.64 bits per heavy atom. The largest absolute Gasteiger partial charge is 0.480 e. The predicted octanol–water partition coefficient (Wildman–Crippen LogP) is -1.17. The summed E-state index contributed by atoms with van der Waals surface area (Å²) in [6.07, 6.45) is 0.857. The zero-order valence-corrected chi connectivity index (χ0v) is 6.97. The molecule has 0 aliphatic heterocycles. The minimum absolute atomic E-state index is 0.0336. The van der Waals surface area contributed by atoms with Crippen LogP contribution in [0.4, 0.5) is 0 Å². The molecule has 0 aromatic carbocycles. The summed E-state index contributed by atoms with van der Waals surface area (Å²) in [5.74, 6) is -1.34. The van der Waals surface area contributed by atoms with E-state index in [-0.39, 0.29) is 13.0 Å². The van der Waals surface area contributed by atoms with Gasteiger partial charge in [0.25, 0.3) is 0 Å². The second-order valence-corrected chi connectivity index (χ2v) is 4.46. The molecule has 1 unspecified atom stereocenters. The number of carboxylic acids is 1. The maximum Gasteiger partial charge on any atom is 0.321 e. The summed E-state index contributed by atoms with van der Waals surface area (Å²) in [7, 11) is -3.51. The van der Waals surface area contributed by atoms with Crippen molar-refractivity contribution in [2.45, 2.75) is 11.7 Å². The van der Waals surface area contributed by atoms with Gasteiger partial charge in [0.2, 0.25) is 0 Å². The summed E-state index contributed by atoms with van der Waals surface area (Å²) >= 11 is 0. The van der Waals surface area contributed by atoms with E-state index < -0.39 is 21.1 Å². The van der Waals surface area contributed by atoms with Gasteiger partial charge in [-0.2, -0.15) is 0 Å². The van der Waals surface area contributed by atoms with Crippen LogP contribution in [0.3, 0.4) is 0 Å². The van der Waals surface area contributed by atoms with Gasteiger partial charge in [-0.15, -0.1) is 0 Å². The lowest BCUT2D eigenvalue weighted by atomic mass is 10.3. The lowest BCUT2D eigenvalue weighted by Crippen LogP contribution is -2.31. The number of rotatable bonds is 4. The van der Waals surface area contributed by atoms with Gasteiger partial charge in [-0.1, -0.05) is 0 Å². The van der Waals surface area contributed by atoms with Gasteiger partial charge in [0.05, 0.1) is 0 Å². The zero-order valence-electron chi connectivity index (χ0n) is 6.15. The van der Waals surface area contributed by atoms with Crippen LogP contribution in [0, 0.1) is 0 Å². The van der Waals surface area contributed by atoms with Crippen LogP contribution in [0.25, 0.3) is 0 Å². The molecule has 0 rings (SSSR count). The lowest BCUT2D eigenvalue weighted by molar-refractivity contribution is -0.136. The SMILES string of the molecule is CS(=O)(=O)C(CCN)C(=O)O. The second kappa shape index (κ2) is 3.68. The Kier molecular flexibility index (Phi) is 3.47. The van der Waals surface area contributed by atoms with E-state index in [0.29, 0.717) is 0 Å². The van der Waals surface area contributed by atoms with E-state index in [1.165, 1.54) is 0 Å². The fourth-order valence-electron chi connectivity index (χ4n) is 0.672. The van der Waals surface area contributed by atoms with E-state index in [4.69, 9.17) is 10.8 Å². The molecule has 0 aromatic heterocycles. The molecule has 0 fully saturated rings. The van der Waals surface area contributed by atoms with Gasteiger partial charge < -0.3 is 10.8 Å². The van der Waals surface area contributed by atoms with Gasteiger partial charge in [-0.3, -0.25) is 4.79 Å². The number of hydrogen-bond acceptors (Lipinski definition) is 4. The fraction of sp³-hybridized carbons (Fsp3) is 0.800.